The highest BCUT2D eigenvalue weighted by atomic mass is 15.2. The zero-order valence-electron chi connectivity index (χ0n) is 15.0. The standard InChI is InChI=1S/C22H19N5/c1-27(16-17-5-3-2-4-6-17)21-15-20(18-7-11-23-12-8-18)25-22(26-21)19-9-13-24-14-10-19/h2-15H,16H2,1H3. The average molecular weight is 353 g/mol. The second kappa shape index (κ2) is 7.74. The van der Waals surface area contributed by atoms with Crippen molar-refractivity contribution in [2.75, 3.05) is 11.9 Å². The summed E-state index contributed by atoms with van der Waals surface area (Å²) in [5.41, 5.74) is 4.05. The van der Waals surface area contributed by atoms with Crippen molar-refractivity contribution in [2.45, 2.75) is 6.54 Å². The zero-order valence-corrected chi connectivity index (χ0v) is 15.0. The molecule has 3 aromatic heterocycles. The van der Waals surface area contributed by atoms with Gasteiger partial charge >= 0.3 is 0 Å². The summed E-state index contributed by atoms with van der Waals surface area (Å²) in [4.78, 5) is 19.9. The van der Waals surface area contributed by atoms with Gasteiger partial charge in [0.2, 0.25) is 0 Å². The maximum Gasteiger partial charge on any atom is 0.162 e. The van der Waals surface area contributed by atoms with Crippen LogP contribution in [0.3, 0.4) is 0 Å². The van der Waals surface area contributed by atoms with Gasteiger partial charge in [0.1, 0.15) is 5.82 Å². The molecular formula is C22H19N5. The largest absolute Gasteiger partial charge is 0.355 e. The van der Waals surface area contributed by atoms with Crippen LogP contribution in [0.25, 0.3) is 22.6 Å². The fourth-order valence-corrected chi connectivity index (χ4v) is 2.87. The van der Waals surface area contributed by atoms with Gasteiger partial charge in [-0.05, 0) is 29.8 Å². The Morgan fingerprint density at radius 1 is 0.741 bits per heavy atom. The van der Waals surface area contributed by atoms with Crippen molar-refractivity contribution in [3.63, 3.8) is 0 Å². The number of nitrogens with zero attached hydrogens (tertiary/aromatic N) is 5. The number of benzene rings is 1. The van der Waals surface area contributed by atoms with Gasteiger partial charge in [-0.1, -0.05) is 30.3 Å². The molecule has 5 nitrogen and oxygen atoms in total. The molecule has 0 N–H and O–H groups in total. The average Bonchev–Trinajstić information content (AvgIpc) is 2.75. The van der Waals surface area contributed by atoms with Crippen LogP contribution in [-0.2, 0) is 6.54 Å². The van der Waals surface area contributed by atoms with Crippen LogP contribution in [0.4, 0.5) is 5.82 Å². The third-order valence-electron chi connectivity index (χ3n) is 4.28. The van der Waals surface area contributed by atoms with Crippen molar-refractivity contribution in [3.8, 4) is 22.6 Å². The zero-order chi connectivity index (χ0) is 18.5. The molecule has 0 atom stereocenters. The highest BCUT2D eigenvalue weighted by Gasteiger charge is 2.12. The second-order valence-electron chi connectivity index (χ2n) is 6.25. The minimum atomic E-state index is 0.682. The lowest BCUT2D eigenvalue weighted by Gasteiger charge is -2.20. The third kappa shape index (κ3) is 3.98. The van der Waals surface area contributed by atoms with E-state index in [0.29, 0.717) is 5.82 Å². The van der Waals surface area contributed by atoms with Crippen molar-refractivity contribution < 1.29 is 0 Å². The van der Waals surface area contributed by atoms with E-state index in [9.17, 15) is 0 Å². The molecular weight excluding hydrogens is 334 g/mol. The monoisotopic (exact) mass is 353 g/mol. The highest BCUT2D eigenvalue weighted by Crippen LogP contribution is 2.25. The maximum absolute atomic E-state index is 4.80. The van der Waals surface area contributed by atoms with Crippen LogP contribution in [-0.4, -0.2) is 27.0 Å². The van der Waals surface area contributed by atoms with E-state index in [1.165, 1.54) is 5.56 Å². The van der Waals surface area contributed by atoms with Gasteiger partial charge in [-0.2, -0.15) is 0 Å². The molecule has 4 aromatic rings. The minimum Gasteiger partial charge on any atom is -0.355 e. The van der Waals surface area contributed by atoms with Crippen LogP contribution >= 0.6 is 0 Å². The Hall–Kier alpha value is -3.60. The Morgan fingerprint density at radius 3 is 2.04 bits per heavy atom. The molecule has 0 aliphatic carbocycles. The van der Waals surface area contributed by atoms with Gasteiger partial charge < -0.3 is 4.90 Å². The molecule has 3 heterocycles. The Kier molecular flexibility index (Phi) is 4.83. The summed E-state index contributed by atoms with van der Waals surface area (Å²) in [5, 5.41) is 0. The number of anilines is 1. The third-order valence-corrected chi connectivity index (χ3v) is 4.28. The normalized spacial score (nSPS) is 10.6. The van der Waals surface area contributed by atoms with E-state index in [2.05, 4.69) is 27.0 Å². The van der Waals surface area contributed by atoms with Gasteiger partial charge in [-0.3, -0.25) is 9.97 Å². The van der Waals surface area contributed by atoms with Crippen LogP contribution in [0.2, 0.25) is 0 Å². The van der Waals surface area contributed by atoms with Crippen molar-refractivity contribution in [1.29, 1.82) is 0 Å². The molecule has 1 aromatic carbocycles. The van der Waals surface area contributed by atoms with E-state index in [4.69, 9.17) is 9.97 Å². The van der Waals surface area contributed by atoms with E-state index in [1.54, 1.807) is 24.8 Å². The summed E-state index contributed by atoms with van der Waals surface area (Å²) >= 11 is 0. The van der Waals surface area contributed by atoms with E-state index >= 15 is 0 Å². The summed E-state index contributed by atoms with van der Waals surface area (Å²) in [6.45, 7) is 0.767. The Bertz CT molecular complexity index is 947. The quantitative estimate of drug-likeness (QED) is 0.537. The van der Waals surface area contributed by atoms with Crippen LogP contribution in [0.1, 0.15) is 5.56 Å². The highest BCUT2D eigenvalue weighted by molar-refractivity contribution is 5.67. The number of hydrogen-bond acceptors (Lipinski definition) is 5. The second-order valence-corrected chi connectivity index (χ2v) is 6.25. The summed E-state index contributed by atoms with van der Waals surface area (Å²) in [6, 6.07) is 20.1. The number of pyridine rings is 2. The molecule has 0 amide bonds. The van der Waals surface area contributed by atoms with Crippen LogP contribution in [0, 0.1) is 0 Å². The molecule has 0 spiro atoms. The summed E-state index contributed by atoms with van der Waals surface area (Å²) < 4.78 is 0. The SMILES string of the molecule is CN(Cc1ccccc1)c1cc(-c2ccncc2)nc(-c2ccncc2)n1. The Labute approximate surface area is 158 Å². The molecule has 132 valence electrons. The van der Waals surface area contributed by atoms with Gasteiger partial charge in [0.05, 0.1) is 5.69 Å². The predicted molar refractivity (Wildman–Crippen MR) is 107 cm³/mol. The van der Waals surface area contributed by atoms with Crippen molar-refractivity contribution in [1.82, 2.24) is 19.9 Å². The van der Waals surface area contributed by atoms with Crippen molar-refractivity contribution >= 4 is 5.82 Å². The minimum absolute atomic E-state index is 0.682. The Balaban J connectivity index is 1.76. The predicted octanol–water partition coefficient (Wildman–Crippen LogP) is 4.24. The molecule has 0 aliphatic rings. The molecule has 4 rings (SSSR count). The molecule has 0 bridgehead atoms. The van der Waals surface area contributed by atoms with Gasteiger partial charge in [0.15, 0.2) is 5.82 Å². The first-order valence-electron chi connectivity index (χ1n) is 8.74. The van der Waals surface area contributed by atoms with Gasteiger partial charge in [0, 0.05) is 55.6 Å². The molecule has 27 heavy (non-hydrogen) atoms. The lowest BCUT2D eigenvalue weighted by Crippen LogP contribution is -2.18. The topological polar surface area (TPSA) is 54.8 Å². The Morgan fingerprint density at radius 2 is 1.37 bits per heavy atom. The first-order chi connectivity index (χ1) is 13.3. The van der Waals surface area contributed by atoms with Crippen molar-refractivity contribution in [2.24, 2.45) is 0 Å². The van der Waals surface area contributed by atoms with Gasteiger partial charge in [0.25, 0.3) is 0 Å². The summed E-state index contributed by atoms with van der Waals surface area (Å²) in [5.74, 6) is 1.55. The first kappa shape index (κ1) is 16.8. The summed E-state index contributed by atoms with van der Waals surface area (Å²) in [7, 11) is 2.04. The maximum atomic E-state index is 4.80. The molecule has 0 saturated heterocycles. The first-order valence-corrected chi connectivity index (χ1v) is 8.74. The van der Waals surface area contributed by atoms with E-state index < -0.39 is 0 Å². The molecule has 0 radical (unpaired) electrons. The smallest absolute Gasteiger partial charge is 0.162 e. The van der Waals surface area contributed by atoms with Crippen LogP contribution in [0.5, 0.6) is 0 Å². The molecule has 0 unspecified atom stereocenters. The lowest BCUT2D eigenvalue weighted by atomic mass is 10.1. The summed E-state index contributed by atoms with van der Waals surface area (Å²) in [6.07, 6.45) is 7.06. The molecule has 0 saturated carbocycles. The molecule has 0 aliphatic heterocycles. The molecule has 0 fully saturated rings. The van der Waals surface area contributed by atoms with E-state index in [-0.39, 0.29) is 0 Å². The van der Waals surface area contributed by atoms with Crippen molar-refractivity contribution in [3.05, 3.63) is 91.0 Å². The van der Waals surface area contributed by atoms with E-state index in [1.807, 2.05) is 55.6 Å². The van der Waals surface area contributed by atoms with Crippen LogP contribution in [0.15, 0.2) is 85.5 Å². The number of aromatic nitrogens is 4. The fraction of sp³-hybridized carbons (Fsp3) is 0.0909. The fourth-order valence-electron chi connectivity index (χ4n) is 2.87. The van der Waals surface area contributed by atoms with Crippen LogP contribution < -0.4 is 4.90 Å². The van der Waals surface area contributed by atoms with E-state index in [0.717, 1.165) is 29.2 Å². The molecule has 5 heteroatoms. The lowest BCUT2D eigenvalue weighted by molar-refractivity contribution is 0.893. The van der Waals surface area contributed by atoms with Gasteiger partial charge in [-0.15, -0.1) is 0 Å². The van der Waals surface area contributed by atoms with Gasteiger partial charge in [-0.25, -0.2) is 9.97 Å². The number of hydrogen-bond donors (Lipinski definition) is 0. The number of rotatable bonds is 5.